The molecule has 2 aliphatic heterocycles. The maximum Gasteiger partial charge on any atom is 0.253 e. The molecule has 0 saturated carbocycles. The molecule has 2 heterocycles. The van der Waals surface area contributed by atoms with Crippen LogP contribution in [-0.4, -0.2) is 53.5 Å². The van der Waals surface area contributed by atoms with E-state index in [9.17, 15) is 9.90 Å². The highest BCUT2D eigenvalue weighted by Crippen LogP contribution is 2.41. The van der Waals surface area contributed by atoms with Crippen LogP contribution in [0, 0.1) is 0 Å². The quantitative estimate of drug-likeness (QED) is 0.314. The molecule has 7 heteroatoms. The zero-order chi connectivity index (χ0) is 26.6. The van der Waals surface area contributed by atoms with Crippen LogP contribution in [0.2, 0.25) is 10.0 Å². The summed E-state index contributed by atoms with van der Waals surface area (Å²) < 4.78 is 0. The Bertz CT molecular complexity index is 1230. The molecule has 3 aromatic carbocycles. The molecule has 0 radical (unpaired) electrons. The summed E-state index contributed by atoms with van der Waals surface area (Å²) in [6.45, 7) is 4.17. The zero-order valence-electron chi connectivity index (χ0n) is 22.2. The number of rotatable bonds is 7. The van der Waals surface area contributed by atoms with Gasteiger partial charge in [-0.15, -0.1) is 12.4 Å². The van der Waals surface area contributed by atoms with E-state index in [1.807, 2.05) is 77.7 Å². The van der Waals surface area contributed by atoms with Crippen molar-refractivity contribution >= 4 is 41.5 Å². The summed E-state index contributed by atoms with van der Waals surface area (Å²) in [4.78, 5) is 17.9. The zero-order valence-corrected chi connectivity index (χ0v) is 24.5. The third kappa shape index (κ3) is 6.81. The Morgan fingerprint density at radius 2 is 1.49 bits per heavy atom. The van der Waals surface area contributed by atoms with Gasteiger partial charge >= 0.3 is 0 Å². The number of hydrogen-bond donors (Lipinski definition) is 1. The summed E-state index contributed by atoms with van der Waals surface area (Å²) in [5.74, 6) is 0.0889. The topological polar surface area (TPSA) is 43.8 Å². The van der Waals surface area contributed by atoms with Crippen LogP contribution in [-0.2, 0) is 11.0 Å². The molecule has 3 aromatic rings. The van der Waals surface area contributed by atoms with E-state index in [2.05, 4.69) is 11.0 Å². The van der Waals surface area contributed by atoms with Gasteiger partial charge in [0.1, 0.15) is 0 Å². The van der Waals surface area contributed by atoms with Gasteiger partial charge in [-0.05, 0) is 80.5 Å². The smallest absolute Gasteiger partial charge is 0.253 e. The number of piperidine rings is 2. The van der Waals surface area contributed by atoms with Crippen molar-refractivity contribution in [2.45, 2.75) is 49.5 Å². The molecule has 2 aliphatic rings. The van der Waals surface area contributed by atoms with Crippen LogP contribution in [0.4, 0.5) is 0 Å². The van der Waals surface area contributed by atoms with Crippen LogP contribution in [0.15, 0.2) is 78.9 Å². The highest BCUT2D eigenvalue weighted by Gasteiger charge is 2.39. The Kier molecular flexibility index (Phi) is 10.0. The first-order valence-corrected chi connectivity index (χ1v) is 14.4. The molecule has 1 atom stereocenters. The molecule has 0 aromatic heterocycles. The van der Waals surface area contributed by atoms with E-state index < -0.39 is 5.60 Å². The van der Waals surface area contributed by atoms with Crippen molar-refractivity contribution < 1.29 is 9.90 Å². The molecule has 5 rings (SSSR count). The van der Waals surface area contributed by atoms with E-state index in [1.165, 1.54) is 0 Å². The van der Waals surface area contributed by atoms with Crippen molar-refractivity contribution in [2.24, 2.45) is 0 Å². The molecule has 4 nitrogen and oxygen atoms in total. The van der Waals surface area contributed by atoms with Gasteiger partial charge in [-0.25, -0.2) is 0 Å². The lowest BCUT2D eigenvalue weighted by Crippen LogP contribution is -2.49. The number of likely N-dealkylation sites (tertiary alicyclic amines) is 2. The molecule has 1 N–H and O–H groups in total. The van der Waals surface area contributed by atoms with Crippen LogP contribution < -0.4 is 0 Å². The van der Waals surface area contributed by atoms with Crippen molar-refractivity contribution in [3.05, 3.63) is 106 Å². The number of halogens is 3. The Morgan fingerprint density at radius 1 is 0.821 bits per heavy atom. The first-order chi connectivity index (χ1) is 18.4. The van der Waals surface area contributed by atoms with Gasteiger partial charge in [-0.3, -0.25) is 4.79 Å². The summed E-state index contributed by atoms with van der Waals surface area (Å²) in [7, 11) is 0. The summed E-state index contributed by atoms with van der Waals surface area (Å²) >= 11 is 12.8. The van der Waals surface area contributed by atoms with Crippen molar-refractivity contribution in [3.8, 4) is 0 Å². The predicted octanol–water partition coefficient (Wildman–Crippen LogP) is 7.35. The molecule has 0 spiro atoms. The van der Waals surface area contributed by atoms with E-state index in [0.29, 0.717) is 16.6 Å². The highest BCUT2D eigenvalue weighted by atomic mass is 35.5. The molecule has 0 aliphatic carbocycles. The predicted molar refractivity (Wildman–Crippen MR) is 162 cm³/mol. The largest absolute Gasteiger partial charge is 0.385 e. The van der Waals surface area contributed by atoms with Crippen LogP contribution in [0.1, 0.15) is 60.0 Å². The fourth-order valence-electron chi connectivity index (χ4n) is 6.30. The van der Waals surface area contributed by atoms with Gasteiger partial charge in [0.25, 0.3) is 5.91 Å². The van der Waals surface area contributed by atoms with Gasteiger partial charge in [-0.2, -0.15) is 0 Å². The summed E-state index contributed by atoms with van der Waals surface area (Å²) in [5.41, 5.74) is 2.01. The lowest BCUT2D eigenvalue weighted by atomic mass is 9.70. The number of carbonyl (C=O) groups is 1. The van der Waals surface area contributed by atoms with Gasteiger partial charge < -0.3 is 14.9 Å². The Hall–Kier alpha value is -2.08. The average Bonchev–Trinajstić information content (AvgIpc) is 2.96. The second-order valence-electron chi connectivity index (χ2n) is 10.9. The third-order valence-electron chi connectivity index (χ3n) is 8.54. The van der Waals surface area contributed by atoms with Gasteiger partial charge in [-0.1, -0.05) is 77.8 Å². The normalized spacial score (nSPS) is 21.3. The number of nitrogens with zero attached hydrogens (tertiary/aromatic N) is 2. The maximum atomic E-state index is 13.4. The van der Waals surface area contributed by atoms with Crippen LogP contribution >= 0.6 is 35.6 Å². The van der Waals surface area contributed by atoms with E-state index in [0.717, 1.165) is 81.4 Å². The molecule has 2 fully saturated rings. The second kappa shape index (κ2) is 13.1. The Balaban J connectivity index is 0.00000353. The van der Waals surface area contributed by atoms with Crippen molar-refractivity contribution in [2.75, 3.05) is 32.7 Å². The molecule has 0 bridgehead atoms. The minimum Gasteiger partial charge on any atom is -0.385 e. The first-order valence-electron chi connectivity index (χ1n) is 13.7. The minimum atomic E-state index is -0.735. The summed E-state index contributed by atoms with van der Waals surface area (Å²) in [6, 6.07) is 25.6. The molecular formula is C32H37Cl3N2O2. The summed E-state index contributed by atoms with van der Waals surface area (Å²) in [6.07, 6.45) is 5.42. The van der Waals surface area contributed by atoms with Crippen molar-refractivity contribution in [1.82, 2.24) is 9.80 Å². The molecule has 208 valence electrons. The van der Waals surface area contributed by atoms with Gasteiger partial charge in [0.2, 0.25) is 0 Å². The van der Waals surface area contributed by atoms with E-state index in [1.54, 1.807) is 0 Å². The third-order valence-corrected chi connectivity index (χ3v) is 9.28. The number of aliphatic hydroxyl groups is 1. The van der Waals surface area contributed by atoms with E-state index in [4.69, 9.17) is 23.2 Å². The minimum absolute atomic E-state index is 0. The molecular weight excluding hydrogens is 551 g/mol. The van der Waals surface area contributed by atoms with E-state index >= 15 is 0 Å². The highest BCUT2D eigenvalue weighted by molar-refractivity contribution is 6.42. The fraction of sp³-hybridized carbons (Fsp3) is 0.406. The molecule has 1 amide bonds. The van der Waals surface area contributed by atoms with Crippen molar-refractivity contribution in [3.63, 3.8) is 0 Å². The fourth-order valence-corrected chi connectivity index (χ4v) is 6.60. The Morgan fingerprint density at radius 3 is 2.15 bits per heavy atom. The van der Waals surface area contributed by atoms with E-state index in [-0.39, 0.29) is 23.7 Å². The first kappa shape index (κ1) is 29.9. The van der Waals surface area contributed by atoms with Gasteiger partial charge in [0.15, 0.2) is 0 Å². The van der Waals surface area contributed by atoms with Crippen molar-refractivity contribution in [1.29, 1.82) is 0 Å². The number of hydrogen-bond acceptors (Lipinski definition) is 3. The van der Waals surface area contributed by atoms with Gasteiger partial charge in [0, 0.05) is 37.2 Å². The number of amides is 1. The molecule has 2 saturated heterocycles. The maximum absolute atomic E-state index is 13.4. The number of carbonyl (C=O) groups excluding carboxylic acids is 1. The lowest BCUT2D eigenvalue weighted by molar-refractivity contribution is -0.0265. The summed E-state index contributed by atoms with van der Waals surface area (Å²) in [5, 5.41) is 12.3. The second-order valence-corrected chi connectivity index (χ2v) is 11.8. The van der Waals surface area contributed by atoms with Gasteiger partial charge in [0.05, 0.1) is 15.6 Å². The average molecular weight is 588 g/mol. The van der Waals surface area contributed by atoms with Crippen LogP contribution in [0.5, 0.6) is 0 Å². The van der Waals surface area contributed by atoms with Crippen LogP contribution in [0.3, 0.4) is 0 Å². The molecule has 0 unspecified atom stereocenters. The molecule has 39 heavy (non-hydrogen) atoms. The lowest BCUT2D eigenvalue weighted by Gasteiger charge is -2.44. The Labute approximate surface area is 248 Å². The SMILES string of the molecule is Cl.O=C(c1ccccc1)N1CCC[C@](CCCN2CCC(O)(c3ccccc3)CC2)(c2ccc(Cl)c(Cl)c2)C1. The standard InChI is InChI=1S/C32H36Cl2N2O2.ClH/c33-28-14-13-27(23-29(28)34)31(16-8-20-36(24-31)30(37)25-9-3-1-4-10-25)15-7-19-35-21-17-32(38,18-22-35)26-11-5-2-6-12-26;/h1-6,9-14,23,38H,7-8,15-22,24H2;1H/t31-;/m0./s1. The monoisotopic (exact) mass is 586 g/mol. The van der Waals surface area contributed by atoms with Crippen LogP contribution in [0.25, 0.3) is 0 Å². The number of benzene rings is 3.